The number of likely N-dealkylation sites (tertiary alicyclic amines) is 1. The zero-order valence-electron chi connectivity index (χ0n) is 19.2. The summed E-state index contributed by atoms with van der Waals surface area (Å²) in [7, 11) is 3.91. The Bertz CT molecular complexity index is 1280. The van der Waals surface area contributed by atoms with E-state index in [2.05, 4.69) is 4.98 Å². The van der Waals surface area contributed by atoms with Crippen LogP contribution in [0.1, 0.15) is 35.0 Å². The predicted octanol–water partition coefficient (Wildman–Crippen LogP) is 3.98. The molecule has 33 heavy (non-hydrogen) atoms. The van der Waals surface area contributed by atoms with Gasteiger partial charge in [-0.05, 0) is 70.2 Å². The Morgan fingerprint density at radius 1 is 1.18 bits per heavy atom. The normalized spacial score (nSPS) is 18.1. The van der Waals surface area contributed by atoms with Crippen LogP contribution in [0, 0.1) is 13.8 Å². The van der Waals surface area contributed by atoms with E-state index in [1.807, 2.05) is 44.1 Å². The molecular weight excluding hydrogens is 440 g/mol. The summed E-state index contributed by atoms with van der Waals surface area (Å²) >= 11 is 6.25. The van der Waals surface area contributed by atoms with Crippen LogP contribution in [0.15, 0.2) is 48.2 Å². The van der Waals surface area contributed by atoms with E-state index in [1.165, 1.54) is 4.90 Å². The molecule has 1 saturated heterocycles. The van der Waals surface area contributed by atoms with Crippen LogP contribution in [0.25, 0.3) is 11.4 Å². The summed E-state index contributed by atoms with van der Waals surface area (Å²) in [5.41, 5.74) is 3.35. The smallest absolute Gasteiger partial charge is 0.295 e. The van der Waals surface area contributed by atoms with Gasteiger partial charge in [0, 0.05) is 17.8 Å². The number of benzene rings is 1. The number of hydrogen-bond donors (Lipinski definition) is 1. The third-order valence-electron chi connectivity index (χ3n) is 5.95. The molecule has 172 valence electrons. The van der Waals surface area contributed by atoms with Gasteiger partial charge in [0.1, 0.15) is 11.3 Å². The van der Waals surface area contributed by atoms with Crippen molar-refractivity contribution in [2.45, 2.75) is 26.3 Å². The van der Waals surface area contributed by atoms with E-state index in [-0.39, 0.29) is 11.3 Å². The zero-order valence-corrected chi connectivity index (χ0v) is 19.9. The minimum atomic E-state index is -0.736. The zero-order chi connectivity index (χ0) is 23.9. The van der Waals surface area contributed by atoms with Gasteiger partial charge >= 0.3 is 0 Å². The average Bonchev–Trinajstić information content (AvgIpc) is 3.23. The molecule has 1 N–H and O–H groups in total. The third-order valence-corrected chi connectivity index (χ3v) is 6.19. The van der Waals surface area contributed by atoms with E-state index in [0.29, 0.717) is 40.6 Å². The fraction of sp³-hybridized carbons (Fsp3) is 0.320. The molecule has 2 aromatic heterocycles. The molecule has 0 saturated carbocycles. The largest absolute Gasteiger partial charge is 0.505 e. The minimum absolute atomic E-state index is 0.0542. The van der Waals surface area contributed by atoms with Crippen molar-refractivity contribution in [2.75, 3.05) is 27.2 Å². The van der Waals surface area contributed by atoms with E-state index in [0.717, 1.165) is 12.1 Å². The van der Waals surface area contributed by atoms with Gasteiger partial charge in [-0.1, -0.05) is 29.8 Å². The first kappa shape index (κ1) is 23.0. The summed E-state index contributed by atoms with van der Waals surface area (Å²) in [6, 6.07) is 10.1. The number of amides is 1. The maximum absolute atomic E-state index is 13.3. The fourth-order valence-electron chi connectivity index (χ4n) is 4.42. The minimum Gasteiger partial charge on any atom is -0.505 e. The highest BCUT2D eigenvalue weighted by molar-refractivity contribution is 6.46. The summed E-state index contributed by atoms with van der Waals surface area (Å²) in [5, 5.41) is 12.0. The number of fused-ring (bicyclic) bond motifs is 1. The molecule has 0 radical (unpaired) electrons. The number of ketones is 1. The number of aliphatic hydroxyl groups is 1. The molecule has 1 aliphatic rings. The molecule has 1 fully saturated rings. The van der Waals surface area contributed by atoms with Gasteiger partial charge in [0.25, 0.3) is 11.7 Å². The van der Waals surface area contributed by atoms with Gasteiger partial charge < -0.3 is 14.9 Å². The van der Waals surface area contributed by atoms with Crippen molar-refractivity contribution in [1.29, 1.82) is 0 Å². The van der Waals surface area contributed by atoms with Crippen molar-refractivity contribution < 1.29 is 14.7 Å². The number of halogens is 1. The van der Waals surface area contributed by atoms with Crippen molar-refractivity contribution in [3.05, 3.63) is 75.7 Å². The lowest BCUT2D eigenvalue weighted by Gasteiger charge is -2.26. The van der Waals surface area contributed by atoms with E-state index in [4.69, 9.17) is 11.6 Å². The van der Waals surface area contributed by atoms with Crippen LogP contribution in [0.3, 0.4) is 0 Å². The lowest BCUT2D eigenvalue weighted by Crippen LogP contribution is -2.32. The number of aryl methyl sites for hydroxylation is 2. The first-order valence-electron chi connectivity index (χ1n) is 10.8. The first-order chi connectivity index (χ1) is 15.7. The number of nitrogens with zero attached hydrogens (tertiary/aromatic N) is 4. The second kappa shape index (κ2) is 9.00. The number of pyridine rings is 1. The number of imidazole rings is 1. The number of Topliss-reactive ketones (excluding diaryl/α,β-unsaturated/α-hetero) is 1. The lowest BCUT2D eigenvalue weighted by atomic mass is 9.96. The third kappa shape index (κ3) is 4.14. The van der Waals surface area contributed by atoms with Crippen LogP contribution in [0.4, 0.5) is 0 Å². The molecule has 3 aromatic rings. The quantitative estimate of drug-likeness (QED) is 0.338. The summed E-state index contributed by atoms with van der Waals surface area (Å²) in [5.74, 6) is -1.56. The molecule has 0 aliphatic carbocycles. The summed E-state index contributed by atoms with van der Waals surface area (Å²) < 4.78 is 1.76. The Balaban J connectivity index is 1.90. The van der Waals surface area contributed by atoms with Crippen molar-refractivity contribution in [2.24, 2.45) is 0 Å². The van der Waals surface area contributed by atoms with Crippen molar-refractivity contribution in [3.8, 4) is 0 Å². The van der Waals surface area contributed by atoms with Crippen LogP contribution < -0.4 is 0 Å². The topological polar surface area (TPSA) is 78.1 Å². The standard InChI is InChI=1S/C25H27ClN4O3/c1-15-8-6-12-29-20(16(2)27-24(15)29)22(31)19-21(17-9-5-10-18(26)14-17)30(25(33)23(19)32)13-7-11-28(3)4/h5-6,8-10,12,14,21,31H,7,11,13H2,1-4H3/b22-19+/t21-/m0/s1. The van der Waals surface area contributed by atoms with Gasteiger partial charge in [-0.2, -0.15) is 0 Å². The van der Waals surface area contributed by atoms with Crippen molar-refractivity contribution in [1.82, 2.24) is 19.2 Å². The highest BCUT2D eigenvalue weighted by Crippen LogP contribution is 2.40. The number of aliphatic hydroxyl groups excluding tert-OH is 1. The highest BCUT2D eigenvalue weighted by atomic mass is 35.5. The average molecular weight is 467 g/mol. The van der Waals surface area contributed by atoms with E-state index < -0.39 is 17.7 Å². The number of carbonyl (C=O) groups is 2. The Morgan fingerprint density at radius 3 is 2.64 bits per heavy atom. The second-order valence-electron chi connectivity index (χ2n) is 8.63. The molecule has 1 aliphatic heterocycles. The van der Waals surface area contributed by atoms with E-state index in [1.54, 1.807) is 35.7 Å². The van der Waals surface area contributed by atoms with E-state index in [9.17, 15) is 14.7 Å². The molecule has 0 spiro atoms. The molecule has 0 bridgehead atoms. The number of rotatable bonds is 6. The summed E-state index contributed by atoms with van der Waals surface area (Å²) in [6.45, 7) is 4.85. The van der Waals surface area contributed by atoms with Gasteiger partial charge in [-0.3, -0.25) is 14.0 Å². The predicted molar refractivity (Wildman–Crippen MR) is 128 cm³/mol. The summed E-state index contributed by atoms with van der Waals surface area (Å²) in [6.07, 6.45) is 2.48. The maximum atomic E-state index is 13.3. The van der Waals surface area contributed by atoms with Gasteiger partial charge in [-0.15, -0.1) is 0 Å². The number of hydrogen-bond acceptors (Lipinski definition) is 5. The molecule has 0 unspecified atom stereocenters. The van der Waals surface area contributed by atoms with Crippen molar-refractivity contribution in [3.63, 3.8) is 0 Å². The molecule has 1 atom stereocenters. The first-order valence-corrected chi connectivity index (χ1v) is 11.2. The highest BCUT2D eigenvalue weighted by Gasteiger charge is 2.46. The van der Waals surface area contributed by atoms with Crippen LogP contribution >= 0.6 is 11.6 Å². The molecule has 1 amide bonds. The van der Waals surface area contributed by atoms with Crippen LogP contribution in [0.2, 0.25) is 5.02 Å². The molecular formula is C25H27ClN4O3. The molecule has 3 heterocycles. The Morgan fingerprint density at radius 2 is 1.94 bits per heavy atom. The van der Waals surface area contributed by atoms with Crippen LogP contribution in [-0.2, 0) is 9.59 Å². The SMILES string of the molecule is Cc1nc2c(C)cccn2c1/C(O)=C1\C(=O)C(=O)N(CCCN(C)C)[C@H]1c1cccc(Cl)c1. The maximum Gasteiger partial charge on any atom is 0.295 e. The molecule has 4 rings (SSSR count). The second-order valence-corrected chi connectivity index (χ2v) is 9.07. The molecule has 7 nitrogen and oxygen atoms in total. The van der Waals surface area contributed by atoms with Gasteiger partial charge in [-0.25, -0.2) is 4.98 Å². The Hall–Kier alpha value is -3.16. The van der Waals surface area contributed by atoms with Gasteiger partial charge in [0.05, 0.1) is 17.3 Å². The van der Waals surface area contributed by atoms with Gasteiger partial charge in [0.2, 0.25) is 0 Å². The Kier molecular flexibility index (Phi) is 6.28. The summed E-state index contributed by atoms with van der Waals surface area (Å²) in [4.78, 5) is 34.5. The van der Waals surface area contributed by atoms with Crippen LogP contribution in [0.5, 0.6) is 0 Å². The fourth-order valence-corrected chi connectivity index (χ4v) is 4.62. The van der Waals surface area contributed by atoms with E-state index >= 15 is 0 Å². The van der Waals surface area contributed by atoms with Crippen molar-refractivity contribution >= 4 is 34.7 Å². The molecule has 8 heteroatoms. The molecule has 1 aromatic carbocycles. The Labute approximate surface area is 197 Å². The van der Waals surface area contributed by atoms with Gasteiger partial charge in [0.15, 0.2) is 5.76 Å². The lowest BCUT2D eigenvalue weighted by molar-refractivity contribution is -0.139. The monoisotopic (exact) mass is 466 g/mol. The number of carbonyl (C=O) groups excluding carboxylic acids is 2. The van der Waals surface area contributed by atoms with Crippen LogP contribution in [-0.4, -0.2) is 63.2 Å². The number of aromatic nitrogens is 2.